The number of aliphatic carboxylic acids is 1. The summed E-state index contributed by atoms with van der Waals surface area (Å²) in [5.74, 6) is -1.25. The fraction of sp³-hybridized carbons (Fsp3) is 0.455. The molecule has 0 spiro atoms. The van der Waals surface area contributed by atoms with Gasteiger partial charge in [-0.15, -0.1) is 11.3 Å². The summed E-state index contributed by atoms with van der Waals surface area (Å²) < 4.78 is 0. The number of rotatable bonds is 2. The first-order chi connectivity index (χ1) is 7.68. The van der Waals surface area contributed by atoms with E-state index in [1.807, 2.05) is 11.4 Å². The second kappa shape index (κ2) is 4.65. The number of nitrogens with zero attached hydrogens (tertiary/aromatic N) is 1. The molecule has 1 amide bonds. The van der Waals surface area contributed by atoms with Crippen molar-refractivity contribution < 1.29 is 14.7 Å². The fourth-order valence-electron chi connectivity index (χ4n) is 1.92. The summed E-state index contributed by atoms with van der Waals surface area (Å²) in [6.45, 7) is 1.01. The van der Waals surface area contributed by atoms with Gasteiger partial charge in [-0.05, 0) is 24.3 Å². The van der Waals surface area contributed by atoms with Crippen LogP contribution in [0.25, 0.3) is 0 Å². The third-order valence-electron chi connectivity index (χ3n) is 2.79. The summed E-state index contributed by atoms with van der Waals surface area (Å²) in [4.78, 5) is 25.2. The summed E-state index contributed by atoms with van der Waals surface area (Å²) in [6, 6.07) is 3.61. The van der Waals surface area contributed by atoms with Crippen molar-refractivity contribution in [2.75, 3.05) is 13.1 Å². The highest BCUT2D eigenvalue weighted by atomic mass is 32.1. The molecule has 2 rings (SSSR count). The molecule has 86 valence electrons. The van der Waals surface area contributed by atoms with Crippen LogP contribution in [0.2, 0.25) is 0 Å². The number of carboxylic acid groups (broad SMARTS) is 1. The third-order valence-corrected chi connectivity index (χ3v) is 3.65. The lowest BCUT2D eigenvalue weighted by Crippen LogP contribution is -2.42. The van der Waals surface area contributed by atoms with Gasteiger partial charge in [0.25, 0.3) is 5.91 Å². The van der Waals surface area contributed by atoms with E-state index in [0.29, 0.717) is 24.4 Å². The van der Waals surface area contributed by atoms with Gasteiger partial charge in [-0.25, -0.2) is 0 Å². The second-order valence-electron chi connectivity index (χ2n) is 3.91. The van der Waals surface area contributed by atoms with E-state index in [1.54, 1.807) is 11.0 Å². The molecule has 0 bridgehead atoms. The Labute approximate surface area is 97.5 Å². The molecule has 1 aliphatic heterocycles. The normalized spacial score (nSPS) is 20.8. The van der Waals surface area contributed by atoms with Gasteiger partial charge in [0.2, 0.25) is 0 Å². The number of likely N-dealkylation sites (tertiary alicyclic amines) is 1. The second-order valence-corrected chi connectivity index (χ2v) is 4.85. The Bertz CT molecular complexity index is 388. The van der Waals surface area contributed by atoms with Gasteiger partial charge in [0.1, 0.15) is 0 Å². The fourth-order valence-corrected chi connectivity index (χ4v) is 2.61. The standard InChI is InChI=1S/C11H13NO3S/c13-10(9-4-2-6-16-9)12-5-1-3-8(7-12)11(14)15/h2,4,6,8H,1,3,5,7H2,(H,14,15)/t8-/m1/s1. The quantitative estimate of drug-likeness (QED) is 0.854. The van der Waals surface area contributed by atoms with Crippen LogP contribution in [0, 0.1) is 5.92 Å². The highest BCUT2D eigenvalue weighted by Crippen LogP contribution is 2.20. The van der Waals surface area contributed by atoms with Crippen LogP contribution in [0.1, 0.15) is 22.5 Å². The van der Waals surface area contributed by atoms with E-state index in [-0.39, 0.29) is 5.91 Å². The minimum Gasteiger partial charge on any atom is -0.481 e. The highest BCUT2D eigenvalue weighted by molar-refractivity contribution is 7.12. The molecule has 0 saturated carbocycles. The minimum atomic E-state index is -0.802. The van der Waals surface area contributed by atoms with Crippen molar-refractivity contribution in [2.24, 2.45) is 5.92 Å². The molecular formula is C11H13NO3S. The molecule has 0 aromatic carbocycles. The summed E-state index contributed by atoms with van der Waals surface area (Å²) in [7, 11) is 0. The average Bonchev–Trinajstić information content (AvgIpc) is 2.81. The van der Waals surface area contributed by atoms with E-state index >= 15 is 0 Å². The SMILES string of the molecule is O=C(O)[C@@H]1CCCN(C(=O)c2cccs2)C1. The molecule has 16 heavy (non-hydrogen) atoms. The van der Waals surface area contributed by atoms with Crippen molar-refractivity contribution >= 4 is 23.2 Å². The van der Waals surface area contributed by atoms with Gasteiger partial charge in [-0.1, -0.05) is 6.07 Å². The smallest absolute Gasteiger partial charge is 0.308 e. The Morgan fingerprint density at radius 2 is 2.31 bits per heavy atom. The summed E-state index contributed by atoms with van der Waals surface area (Å²) in [5, 5.41) is 10.8. The third kappa shape index (κ3) is 2.24. The minimum absolute atomic E-state index is 0.0408. The van der Waals surface area contributed by atoms with Crippen LogP contribution >= 0.6 is 11.3 Å². The van der Waals surface area contributed by atoms with Crippen LogP contribution in [0.4, 0.5) is 0 Å². The molecule has 1 fully saturated rings. The molecule has 4 nitrogen and oxygen atoms in total. The maximum Gasteiger partial charge on any atom is 0.308 e. The van der Waals surface area contributed by atoms with Crippen LogP contribution in [0.3, 0.4) is 0 Å². The van der Waals surface area contributed by atoms with E-state index in [0.717, 1.165) is 6.42 Å². The number of carbonyl (C=O) groups is 2. The maximum absolute atomic E-state index is 12.0. The molecule has 0 aliphatic carbocycles. The van der Waals surface area contributed by atoms with E-state index in [2.05, 4.69) is 0 Å². The zero-order valence-corrected chi connectivity index (χ0v) is 9.57. The lowest BCUT2D eigenvalue weighted by molar-refractivity contribution is -0.143. The van der Waals surface area contributed by atoms with Crippen molar-refractivity contribution in [3.05, 3.63) is 22.4 Å². The molecule has 1 aromatic heterocycles. The van der Waals surface area contributed by atoms with Gasteiger partial charge in [0.05, 0.1) is 10.8 Å². The Morgan fingerprint density at radius 3 is 2.94 bits per heavy atom. The largest absolute Gasteiger partial charge is 0.481 e. The predicted octanol–water partition coefficient (Wildman–Crippen LogP) is 1.68. The molecule has 1 aliphatic rings. The number of hydrogen-bond donors (Lipinski definition) is 1. The highest BCUT2D eigenvalue weighted by Gasteiger charge is 2.28. The molecule has 2 heterocycles. The first-order valence-electron chi connectivity index (χ1n) is 5.24. The first-order valence-corrected chi connectivity index (χ1v) is 6.12. The number of amides is 1. The summed E-state index contributed by atoms with van der Waals surface area (Å²) in [6.07, 6.45) is 1.44. The molecule has 5 heteroatoms. The van der Waals surface area contributed by atoms with Gasteiger partial charge in [-0.3, -0.25) is 9.59 Å². The van der Waals surface area contributed by atoms with Gasteiger partial charge in [-0.2, -0.15) is 0 Å². The number of carbonyl (C=O) groups excluding carboxylic acids is 1. The van der Waals surface area contributed by atoms with Crippen LogP contribution in [-0.4, -0.2) is 35.0 Å². The number of piperidine rings is 1. The van der Waals surface area contributed by atoms with Crippen LogP contribution in [0.5, 0.6) is 0 Å². The van der Waals surface area contributed by atoms with Crippen LogP contribution in [0.15, 0.2) is 17.5 Å². The van der Waals surface area contributed by atoms with Crippen molar-refractivity contribution in [1.82, 2.24) is 4.90 Å². The Kier molecular flexibility index (Phi) is 3.24. The van der Waals surface area contributed by atoms with Gasteiger partial charge >= 0.3 is 5.97 Å². The topological polar surface area (TPSA) is 57.6 Å². The van der Waals surface area contributed by atoms with Crippen LogP contribution < -0.4 is 0 Å². The molecule has 1 atom stereocenters. The van der Waals surface area contributed by atoms with E-state index < -0.39 is 11.9 Å². The Hall–Kier alpha value is -1.36. The van der Waals surface area contributed by atoms with Crippen molar-refractivity contribution in [3.63, 3.8) is 0 Å². The van der Waals surface area contributed by atoms with E-state index in [1.165, 1.54) is 11.3 Å². The summed E-state index contributed by atoms with van der Waals surface area (Å²) in [5.41, 5.74) is 0. The number of carboxylic acids is 1. The first kappa shape index (κ1) is 11.1. The Balaban J connectivity index is 2.05. The molecule has 1 aromatic rings. The molecule has 1 N–H and O–H groups in total. The lowest BCUT2D eigenvalue weighted by atomic mass is 9.98. The van der Waals surface area contributed by atoms with Crippen LogP contribution in [-0.2, 0) is 4.79 Å². The lowest BCUT2D eigenvalue weighted by Gasteiger charge is -2.30. The van der Waals surface area contributed by atoms with Crippen molar-refractivity contribution in [1.29, 1.82) is 0 Å². The van der Waals surface area contributed by atoms with E-state index in [4.69, 9.17) is 5.11 Å². The zero-order chi connectivity index (χ0) is 11.5. The Morgan fingerprint density at radius 1 is 1.50 bits per heavy atom. The van der Waals surface area contributed by atoms with Gasteiger partial charge in [0, 0.05) is 13.1 Å². The summed E-state index contributed by atoms with van der Waals surface area (Å²) >= 11 is 1.40. The van der Waals surface area contributed by atoms with Gasteiger partial charge < -0.3 is 10.0 Å². The van der Waals surface area contributed by atoms with Gasteiger partial charge in [0.15, 0.2) is 0 Å². The predicted molar refractivity (Wildman–Crippen MR) is 60.6 cm³/mol. The van der Waals surface area contributed by atoms with Crippen molar-refractivity contribution in [2.45, 2.75) is 12.8 Å². The molecule has 1 saturated heterocycles. The molecule has 0 radical (unpaired) electrons. The maximum atomic E-state index is 12.0. The van der Waals surface area contributed by atoms with E-state index in [9.17, 15) is 9.59 Å². The molecule has 0 unspecified atom stereocenters. The monoisotopic (exact) mass is 239 g/mol. The average molecular weight is 239 g/mol. The zero-order valence-electron chi connectivity index (χ0n) is 8.76. The number of hydrogen-bond acceptors (Lipinski definition) is 3. The van der Waals surface area contributed by atoms with Crippen molar-refractivity contribution in [3.8, 4) is 0 Å². The molecular weight excluding hydrogens is 226 g/mol. The number of thiophene rings is 1.